The quantitative estimate of drug-likeness (QED) is 0.627. The number of aliphatic hydroxyl groups is 1. The molecular formula is C7H15NO3S. The van der Waals surface area contributed by atoms with Gasteiger partial charge in [-0.15, -0.1) is 0 Å². The molecule has 0 aromatic carbocycles. The van der Waals surface area contributed by atoms with Crippen molar-refractivity contribution in [3.8, 4) is 0 Å². The SMILES string of the molecule is CC(C)(C)S(=O)(=O)N1CC(O)C1. The van der Waals surface area contributed by atoms with Gasteiger partial charge in [-0.05, 0) is 20.8 Å². The maximum absolute atomic E-state index is 11.6. The van der Waals surface area contributed by atoms with Crippen LogP contribution in [-0.4, -0.2) is 41.8 Å². The molecule has 0 amide bonds. The molecule has 0 aliphatic carbocycles. The van der Waals surface area contributed by atoms with Crippen LogP contribution < -0.4 is 0 Å². The molecule has 1 heterocycles. The first-order valence-electron chi connectivity index (χ1n) is 3.93. The van der Waals surface area contributed by atoms with Crippen LogP contribution >= 0.6 is 0 Å². The third-order valence-corrected chi connectivity index (χ3v) is 4.47. The van der Waals surface area contributed by atoms with Gasteiger partial charge < -0.3 is 5.11 Å². The normalized spacial score (nSPS) is 22.3. The monoisotopic (exact) mass is 193 g/mol. The maximum atomic E-state index is 11.6. The minimum Gasteiger partial charge on any atom is -0.390 e. The van der Waals surface area contributed by atoms with Crippen LogP contribution in [0, 0.1) is 0 Å². The Balaban J connectivity index is 2.75. The summed E-state index contributed by atoms with van der Waals surface area (Å²) < 4.78 is 23.7. The van der Waals surface area contributed by atoms with Crippen molar-refractivity contribution in [3.63, 3.8) is 0 Å². The maximum Gasteiger partial charge on any atom is 0.219 e. The van der Waals surface area contributed by atoms with Gasteiger partial charge in [0.25, 0.3) is 0 Å². The lowest BCUT2D eigenvalue weighted by molar-refractivity contribution is 0.0534. The van der Waals surface area contributed by atoms with Gasteiger partial charge in [0.2, 0.25) is 10.0 Å². The molecule has 1 rings (SSSR count). The molecule has 1 aliphatic heterocycles. The zero-order valence-electron chi connectivity index (χ0n) is 7.61. The second kappa shape index (κ2) is 2.68. The molecule has 1 aliphatic rings. The number of rotatable bonds is 1. The Hall–Kier alpha value is -0.130. The van der Waals surface area contributed by atoms with Crippen LogP contribution in [0.25, 0.3) is 0 Å². The van der Waals surface area contributed by atoms with Crippen molar-refractivity contribution in [1.82, 2.24) is 4.31 Å². The number of hydrogen-bond acceptors (Lipinski definition) is 3. The molecule has 4 nitrogen and oxygen atoms in total. The Labute approximate surface area is 73.2 Å². The Bertz CT molecular complexity index is 259. The number of aliphatic hydroxyl groups excluding tert-OH is 1. The summed E-state index contributed by atoms with van der Waals surface area (Å²) in [5, 5.41) is 8.94. The van der Waals surface area contributed by atoms with Crippen LogP contribution in [0.4, 0.5) is 0 Å². The molecule has 0 bridgehead atoms. The van der Waals surface area contributed by atoms with E-state index in [0.29, 0.717) is 0 Å². The van der Waals surface area contributed by atoms with Crippen molar-refractivity contribution in [2.45, 2.75) is 31.6 Å². The van der Waals surface area contributed by atoms with Gasteiger partial charge in [-0.1, -0.05) is 0 Å². The Morgan fingerprint density at radius 3 is 2.00 bits per heavy atom. The minimum absolute atomic E-state index is 0.250. The molecule has 0 aromatic rings. The van der Waals surface area contributed by atoms with E-state index < -0.39 is 20.9 Å². The van der Waals surface area contributed by atoms with Crippen LogP contribution in [0.1, 0.15) is 20.8 Å². The molecule has 1 N–H and O–H groups in total. The van der Waals surface area contributed by atoms with Gasteiger partial charge in [-0.25, -0.2) is 8.42 Å². The van der Waals surface area contributed by atoms with Gasteiger partial charge in [0, 0.05) is 13.1 Å². The highest BCUT2D eigenvalue weighted by Gasteiger charge is 2.41. The average Bonchev–Trinajstić information content (AvgIpc) is 1.78. The predicted octanol–water partition coefficient (Wildman–Crippen LogP) is -0.209. The van der Waals surface area contributed by atoms with Gasteiger partial charge in [-0.2, -0.15) is 4.31 Å². The molecule has 72 valence electrons. The third kappa shape index (κ3) is 1.48. The summed E-state index contributed by atoms with van der Waals surface area (Å²) in [4.78, 5) is 0. The molecule has 0 aromatic heterocycles. The molecule has 0 atom stereocenters. The van der Waals surface area contributed by atoms with Gasteiger partial charge in [0.1, 0.15) is 0 Å². The molecule has 1 saturated heterocycles. The summed E-state index contributed by atoms with van der Waals surface area (Å²) in [7, 11) is -3.20. The standard InChI is InChI=1S/C7H15NO3S/c1-7(2,3)12(10,11)8-4-6(9)5-8/h6,9H,4-5H2,1-3H3. The van der Waals surface area contributed by atoms with Gasteiger partial charge in [0.15, 0.2) is 0 Å². The number of nitrogens with zero attached hydrogens (tertiary/aromatic N) is 1. The summed E-state index contributed by atoms with van der Waals surface area (Å²) in [6.45, 7) is 5.48. The van der Waals surface area contributed by atoms with Crippen LogP contribution in [-0.2, 0) is 10.0 Å². The van der Waals surface area contributed by atoms with Crippen LogP contribution in [0.15, 0.2) is 0 Å². The molecule has 0 unspecified atom stereocenters. The zero-order valence-corrected chi connectivity index (χ0v) is 8.43. The average molecular weight is 193 g/mol. The molecule has 0 spiro atoms. The first-order chi connectivity index (χ1) is 5.25. The molecule has 0 saturated carbocycles. The third-order valence-electron chi connectivity index (χ3n) is 1.94. The first-order valence-corrected chi connectivity index (χ1v) is 5.37. The van der Waals surface area contributed by atoms with Crippen molar-refractivity contribution < 1.29 is 13.5 Å². The van der Waals surface area contributed by atoms with Crippen LogP contribution in [0.2, 0.25) is 0 Å². The predicted molar refractivity (Wildman–Crippen MR) is 46.3 cm³/mol. The van der Waals surface area contributed by atoms with Crippen LogP contribution in [0.5, 0.6) is 0 Å². The lowest BCUT2D eigenvalue weighted by Gasteiger charge is -2.38. The van der Waals surface area contributed by atoms with Gasteiger partial charge in [0.05, 0.1) is 10.9 Å². The number of hydrogen-bond donors (Lipinski definition) is 1. The molecule has 0 radical (unpaired) electrons. The highest BCUT2D eigenvalue weighted by Crippen LogP contribution is 2.24. The van der Waals surface area contributed by atoms with E-state index in [1.807, 2.05) is 0 Å². The topological polar surface area (TPSA) is 57.6 Å². The molecule has 5 heteroatoms. The van der Waals surface area contributed by atoms with Crippen molar-refractivity contribution in [2.75, 3.05) is 13.1 Å². The van der Waals surface area contributed by atoms with Crippen molar-refractivity contribution >= 4 is 10.0 Å². The largest absolute Gasteiger partial charge is 0.390 e. The summed E-state index contributed by atoms with van der Waals surface area (Å²) in [6.07, 6.45) is -0.470. The summed E-state index contributed by atoms with van der Waals surface area (Å²) in [6, 6.07) is 0. The van der Waals surface area contributed by atoms with Gasteiger partial charge in [-0.3, -0.25) is 0 Å². The smallest absolute Gasteiger partial charge is 0.219 e. The second-order valence-electron chi connectivity index (χ2n) is 4.09. The molecular weight excluding hydrogens is 178 g/mol. The van der Waals surface area contributed by atoms with E-state index in [4.69, 9.17) is 5.11 Å². The molecule has 1 fully saturated rings. The summed E-state index contributed by atoms with van der Waals surface area (Å²) in [5.74, 6) is 0. The van der Waals surface area contributed by atoms with Crippen LogP contribution in [0.3, 0.4) is 0 Å². The van der Waals surface area contributed by atoms with E-state index in [-0.39, 0.29) is 13.1 Å². The summed E-state index contributed by atoms with van der Waals surface area (Å²) in [5.41, 5.74) is 0. The Kier molecular flexibility index (Phi) is 2.22. The first kappa shape index (κ1) is 9.95. The zero-order chi connectivity index (χ0) is 9.57. The van der Waals surface area contributed by atoms with E-state index in [1.165, 1.54) is 4.31 Å². The Morgan fingerprint density at radius 2 is 1.75 bits per heavy atom. The minimum atomic E-state index is -3.20. The fourth-order valence-corrected chi connectivity index (χ4v) is 2.51. The lowest BCUT2D eigenvalue weighted by Crippen LogP contribution is -2.57. The van der Waals surface area contributed by atoms with E-state index in [1.54, 1.807) is 20.8 Å². The van der Waals surface area contributed by atoms with Gasteiger partial charge >= 0.3 is 0 Å². The highest BCUT2D eigenvalue weighted by molar-refractivity contribution is 7.90. The number of β-amino-alcohol motifs (C(OH)–C–C–N with tert-alkyl or cyclic N) is 1. The van der Waals surface area contributed by atoms with E-state index >= 15 is 0 Å². The number of sulfonamides is 1. The fraction of sp³-hybridized carbons (Fsp3) is 1.00. The highest BCUT2D eigenvalue weighted by atomic mass is 32.2. The van der Waals surface area contributed by atoms with Crippen molar-refractivity contribution in [1.29, 1.82) is 0 Å². The van der Waals surface area contributed by atoms with E-state index in [2.05, 4.69) is 0 Å². The van der Waals surface area contributed by atoms with E-state index in [0.717, 1.165) is 0 Å². The lowest BCUT2D eigenvalue weighted by atomic mass is 10.2. The molecule has 12 heavy (non-hydrogen) atoms. The van der Waals surface area contributed by atoms with E-state index in [9.17, 15) is 8.42 Å². The van der Waals surface area contributed by atoms with Crippen molar-refractivity contribution in [2.24, 2.45) is 0 Å². The Morgan fingerprint density at radius 1 is 1.33 bits per heavy atom. The summed E-state index contributed by atoms with van der Waals surface area (Å²) >= 11 is 0. The fourth-order valence-electron chi connectivity index (χ4n) is 1.00. The second-order valence-corrected chi connectivity index (χ2v) is 6.78. The van der Waals surface area contributed by atoms with Crippen molar-refractivity contribution in [3.05, 3.63) is 0 Å².